The standard InChI is InChI=1S/C30H36N10O4/c1-20-14-23(44-19-29(8-9-29)22-6-4-3-5-7-22)15-40-27(20)31-26(34-40)24(41)16-38-18-30(32-28(38)43)10-12-37(13-11-30)25(42)17-39-21(2)33-35-36-39/h3-7,14-15,24,41H,8-13,16-19H2,1-2H3,(H,32,43). The van der Waals surface area contributed by atoms with E-state index >= 15 is 0 Å². The quantitative estimate of drug-likeness (QED) is 0.291. The lowest BCUT2D eigenvalue weighted by atomic mass is 9.88. The molecule has 3 amide bonds. The number of nitrogens with zero attached hydrogens (tertiary/aromatic N) is 9. The molecule has 1 unspecified atom stereocenters. The van der Waals surface area contributed by atoms with Crippen LogP contribution in [0.15, 0.2) is 42.6 Å². The molecule has 2 N–H and O–H groups in total. The maximum atomic E-state index is 12.9. The summed E-state index contributed by atoms with van der Waals surface area (Å²) in [6.45, 7) is 5.89. The highest BCUT2D eigenvalue weighted by molar-refractivity contribution is 5.79. The van der Waals surface area contributed by atoms with Crippen molar-refractivity contribution in [3.8, 4) is 5.75 Å². The molecule has 1 atom stereocenters. The van der Waals surface area contributed by atoms with Gasteiger partial charge in [-0.25, -0.2) is 19.0 Å². The molecule has 0 radical (unpaired) electrons. The molecule has 44 heavy (non-hydrogen) atoms. The van der Waals surface area contributed by atoms with E-state index in [1.54, 1.807) is 27.4 Å². The van der Waals surface area contributed by atoms with Crippen LogP contribution >= 0.6 is 0 Å². The van der Waals surface area contributed by atoms with Gasteiger partial charge in [-0.15, -0.1) is 10.2 Å². The SMILES string of the molecule is Cc1cc(OCC2(c3ccccc3)CC2)cn2nc(C(O)CN3CC4(CCN(C(=O)Cn5nnnc5C)CC4)NC3=O)nc12. The first kappa shape index (κ1) is 28.2. The van der Waals surface area contributed by atoms with Crippen molar-refractivity contribution in [1.82, 2.24) is 49.9 Å². The fourth-order valence-electron chi connectivity index (χ4n) is 6.35. The van der Waals surface area contributed by atoms with Gasteiger partial charge < -0.3 is 25.0 Å². The summed E-state index contributed by atoms with van der Waals surface area (Å²) >= 11 is 0. The molecular weight excluding hydrogens is 564 g/mol. The molecule has 5 heterocycles. The molecule has 2 aliphatic heterocycles. The average molecular weight is 601 g/mol. The van der Waals surface area contributed by atoms with Crippen LogP contribution in [0.5, 0.6) is 5.75 Å². The molecule has 7 rings (SSSR count). The number of aliphatic hydroxyl groups excluding tert-OH is 1. The number of carbonyl (C=O) groups excluding carboxylic acids is 2. The van der Waals surface area contributed by atoms with Crippen LogP contribution in [-0.4, -0.2) is 100.0 Å². The van der Waals surface area contributed by atoms with Crippen LogP contribution in [0.3, 0.4) is 0 Å². The van der Waals surface area contributed by atoms with Gasteiger partial charge in [0.2, 0.25) is 5.91 Å². The summed E-state index contributed by atoms with van der Waals surface area (Å²) in [5, 5.41) is 30.0. The van der Waals surface area contributed by atoms with E-state index in [0.717, 1.165) is 18.4 Å². The third-order valence-electron chi connectivity index (χ3n) is 9.28. The van der Waals surface area contributed by atoms with Crippen molar-refractivity contribution in [1.29, 1.82) is 0 Å². The molecule has 0 bridgehead atoms. The molecule has 14 nitrogen and oxygen atoms in total. The number of hydrogen-bond donors (Lipinski definition) is 2. The highest BCUT2D eigenvalue weighted by Crippen LogP contribution is 2.48. The van der Waals surface area contributed by atoms with Crippen LogP contribution < -0.4 is 10.1 Å². The number of aryl methyl sites for hydroxylation is 2. The number of nitrogens with one attached hydrogen (secondary N) is 1. The van der Waals surface area contributed by atoms with Crippen LogP contribution in [0.4, 0.5) is 4.79 Å². The maximum Gasteiger partial charge on any atom is 0.318 e. The first-order valence-corrected chi connectivity index (χ1v) is 15.0. The third-order valence-corrected chi connectivity index (χ3v) is 9.28. The van der Waals surface area contributed by atoms with Crippen molar-refractivity contribution in [3.63, 3.8) is 0 Å². The third kappa shape index (κ3) is 5.34. The molecule has 4 aromatic rings. The number of ether oxygens (including phenoxy) is 1. The van der Waals surface area contributed by atoms with Gasteiger partial charge in [-0.3, -0.25) is 4.79 Å². The smallest absolute Gasteiger partial charge is 0.318 e. The number of urea groups is 1. The number of amides is 3. The molecule has 1 aromatic carbocycles. The number of hydrogen-bond acceptors (Lipinski definition) is 9. The number of pyridine rings is 1. The van der Waals surface area contributed by atoms with Crippen LogP contribution in [-0.2, 0) is 16.8 Å². The zero-order valence-electron chi connectivity index (χ0n) is 24.9. The Morgan fingerprint density at radius 2 is 1.91 bits per heavy atom. The van der Waals surface area contributed by atoms with Gasteiger partial charge in [-0.2, -0.15) is 0 Å². The van der Waals surface area contributed by atoms with E-state index in [0.29, 0.717) is 56.3 Å². The Morgan fingerprint density at radius 1 is 1.14 bits per heavy atom. The molecule has 3 aromatic heterocycles. The molecule has 14 heteroatoms. The summed E-state index contributed by atoms with van der Waals surface area (Å²) in [6, 6.07) is 12.2. The zero-order chi connectivity index (χ0) is 30.5. The number of aromatic nitrogens is 7. The van der Waals surface area contributed by atoms with Crippen molar-refractivity contribution < 1.29 is 19.4 Å². The monoisotopic (exact) mass is 600 g/mol. The number of tetrazole rings is 1. The topological polar surface area (TPSA) is 156 Å². The molecule has 3 fully saturated rings. The zero-order valence-corrected chi connectivity index (χ0v) is 24.9. The summed E-state index contributed by atoms with van der Waals surface area (Å²) in [5.74, 6) is 1.47. The lowest BCUT2D eigenvalue weighted by Crippen LogP contribution is -2.54. The molecule has 3 aliphatic rings. The highest BCUT2D eigenvalue weighted by Gasteiger charge is 2.46. The second-order valence-corrected chi connectivity index (χ2v) is 12.4. The second-order valence-electron chi connectivity index (χ2n) is 12.4. The maximum absolute atomic E-state index is 12.9. The van der Waals surface area contributed by atoms with E-state index in [4.69, 9.17) is 4.74 Å². The Labute approximate surface area is 254 Å². The Balaban J connectivity index is 0.963. The van der Waals surface area contributed by atoms with E-state index in [1.807, 2.05) is 19.1 Å². The molecule has 230 valence electrons. The van der Waals surface area contributed by atoms with Crippen LogP contribution in [0.25, 0.3) is 5.65 Å². The summed E-state index contributed by atoms with van der Waals surface area (Å²) in [4.78, 5) is 33.7. The van der Waals surface area contributed by atoms with Gasteiger partial charge in [0.15, 0.2) is 11.5 Å². The van der Waals surface area contributed by atoms with Crippen LogP contribution in [0, 0.1) is 13.8 Å². The number of β-amino-alcohol motifs (C(OH)–C–C–N with tert-alkyl or cyclic N) is 1. The van der Waals surface area contributed by atoms with E-state index in [1.165, 1.54) is 10.2 Å². The van der Waals surface area contributed by atoms with Gasteiger partial charge in [-0.05, 0) is 67.2 Å². The Hall–Kier alpha value is -4.59. The van der Waals surface area contributed by atoms with Gasteiger partial charge in [-0.1, -0.05) is 30.3 Å². The second kappa shape index (κ2) is 10.8. The predicted molar refractivity (Wildman–Crippen MR) is 157 cm³/mol. The lowest BCUT2D eigenvalue weighted by Gasteiger charge is -2.38. The largest absolute Gasteiger partial charge is 0.491 e. The number of rotatable bonds is 9. The highest BCUT2D eigenvalue weighted by atomic mass is 16.5. The summed E-state index contributed by atoms with van der Waals surface area (Å²) in [5.41, 5.74) is 2.42. The number of piperidine rings is 1. The minimum absolute atomic E-state index is 0.0580. The van der Waals surface area contributed by atoms with Crippen molar-refractivity contribution in [2.75, 3.05) is 32.8 Å². The van der Waals surface area contributed by atoms with Gasteiger partial charge in [0.25, 0.3) is 0 Å². The van der Waals surface area contributed by atoms with E-state index in [9.17, 15) is 14.7 Å². The fourth-order valence-corrected chi connectivity index (χ4v) is 6.35. The van der Waals surface area contributed by atoms with Gasteiger partial charge in [0.1, 0.15) is 24.2 Å². The molecule has 1 saturated carbocycles. The number of aliphatic hydroxyl groups is 1. The predicted octanol–water partition coefficient (Wildman–Crippen LogP) is 1.56. The summed E-state index contributed by atoms with van der Waals surface area (Å²) in [7, 11) is 0. The number of fused-ring (bicyclic) bond motifs is 1. The van der Waals surface area contributed by atoms with Crippen LogP contribution in [0.2, 0.25) is 0 Å². The van der Waals surface area contributed by atoms with Crippen molar-refractivity contribution in [2.24, 2.45) is 0 Å². The number of likely N-dealkylation sites (tertiary alicyclic amines) is 1. The molecule has 1 aliphatic carbocycles. The molecular formula is C30H36N10O4. The molecule has 2 saturated heterocycles. The van der Waals surface area contributed by atoms with Gasteiger partial charge >= 0.3 is 6.03 Å². The molecule has 1 spiro atoms. The minimum Gasteiger partial charge on any atom is -0.491 e. The van der Waals surface area contributed by atoms with E-state index in [-0.39, 0.29) is 36.3 Å². The Bertz CT molecular complexity index is 1690. The van der Waals surface area contributed by atoms with Crippen LogP contribution in [0.1, 0.15) is 54.6 Å². The normalized spacial score (nSPS) is 19.4. The van der Waals surface area contributed by atoms with Gasteiger partial charge in [0.05, 0.1) is 24.9 Å². The fraction of sp³-hybridized carbons (Fsp3) is 0.500. The van der Waals surface area contributed by atoms with Crippen molar-refractivity contribution >= 4 is 17.6 Å². The number of benzene rings is 1. The van der Waals surface area contributed by atoms with Crippen molar-refractivity contribution in [3.05, 3.63) is 65.4 Å². The first-order chi connectivity index (χ1) is 21.2. The lowest BCUT2D eigenvalue weighted by molar-refractivity contribution is -0.133. The first-order valence-electron chi connectivity index (χ1n) is 15.0. The average Bonchev–Trinajstić information content (AvgIpc) is 3.35. The van der Waals surface area contributed by atoms with Crippen molar-refractivity contribution in [2.45, 2.75) is 63.1 Å². The summed E-state index contributed by atoms with van der Waals surface area (Å²) < 4.78 is 9.36. The Morgan fingerprint density at radius 3 is 2.61 bits per heavy atom. The number of carbonyl (C=O) groups is 2. The minimum atomic E-state index is -1.06. The van der Waals surface area contributed by atoms with E-state index in [2.05, 4.69) is 55.2 Å². The Kier molecular flexibility index (Phi) is 6.95. The van der Waals surface area contributed by atoms with E-state index < -0.39 is 11.6 Å². The summed E-state index contributed by atoms with van der Waals surface area (Å²) in [6.07, 6.45) is 4.16. The van der Waals surface area contributed by atoms with Gasteiger partial charge in [0, 0.05) is 25.0 Å².